The third-order valence-electron chi connectivity index (χ3n) is 4.25. The zero-order valence-electron chi connectivity index (χ0n) is 16.5. The van der Waals surface area contributed by atoms with Gasteiger partial charge in [-0.05, 0) is 30.3 Å². The zero-order chi connectivity index (χ0) is 22.6. The van der Waals surface area contributed by atoms with Crippen LogP contribution in [0, 0.1) is 11.6 Å². The van der Waals surface area contributed by atoms with Gasteiger partial charge in [-0.1, -0.05) is 18.2 Å². The summed E-state index contributed by atoms with van der Waals surface area (Å²) in [5.74, 6) is -2.66. The van der Waals surface area contributed by atoms with Crippen LogP contribution in [0.15, 0.2) is 65.6 Å². The molecule has 0 heterocycles. The van der Waals surface area contributed by atoms with E-state index in [4.69, 9.17) is 9.47 Å². The summed E-state index contributed by atoms with van der Waals surface area (Å²) in [4.78, 5) is 12.0. The van der Waals surface area contributed by atoms with Gasteiger partial charge in [0, 0.05) is 17.7 Å². The van der Waals surface area contributed by atoms with Gasteiger partial charge in [0.05, 0.1) is 30.5 Å². The molecule has 3 aromatic rings. The Morgan fingerprint density at radius 1 is 0.839 bits per heavy atom. The fraction of sp³-hybridized carbons (Fsp3) is 0.0952. The maximum absolute atomic E-state index is 13.5. The molecule has 3 aromatic carbocycles. The molecule has 1 amide bonds. The average Bonchev–Trinajstić information content (AvgIpc) is 2.76. The van der Waals surface area contributed by atoms with Crippen molar-refractivity contribution in [1.29, 1.82) is 0 Å². The molecule has 0 aliphatic carbocycles. The molecule has 162 valence electrons. The highest BCUT2D eigenvalue weighted by Gasteiger charge is 2.21. The van der Waals surface area contributed by atoms with E-state index in [2.05, 4.69) is 10.0 Å². The van der Waals surface area contributed by atoms with Crippen LogP contribution in [-0.4, -0.2) is 28.5 Å². The fourth-order valence-electron chi connectivity index (χ4n) is 2.71. The number of carbonyl (C=O) groups excluding carboxylic acids is 1. The number of benzene rings is 3. The number of halogens is 2. The van der Waals surface area contributed by atoms with Crippen LogP contribution < -0.4 is 19.5 Å². The smallest absolute Gasteiger partial charge is 0.262 e. The molecule has 0 aliphatic heterocycles. The summed E-state index contributed by atoms with van der Waals surface area (Å²) in [6.07, 6.45) is 0. The maximum atomic E-state index is 13.5. The Morgan fingerprint density at radius 2 is 1.45 bits per heavy atom. The van der Waals surface area contributed by atoms with Crippen molar-refractivity contribution < 1.29 is 31.5 Å². The molecule has 0 radical (unpaired) electrons. The number of carbonyl (C=O) groups is 1. The van der Waals surface area contributed by atoms with E-state index in [1.807, 2.05) is 0 Å². The van der Waals surface area contributed by atoms with E-state index in [1.54, 1.807) is 30.3 Å². The number of methoxy groups -OCH3 is 2. The summed E-state index contributed by atoms with van der Waals surface area (Å²) < 4.78 is 64.6. The highest BCUT2D eigenvalue weighted by atomic mass is 32.2. The number of rotatable bonds is 7. The largest absolute Gasteiger partial charge is 0.494 e. The molecule has 2 N–H and O–H groups in total. The minimum absolute atomic E-state index is 0.0261. The Labute approximate surface area is 177 Å². The summed E-state index contributed by atoms with van der Waals surface area (Å²) in [6, 6.07) is 13.3. The normalized spacial score (nSPS) is 11.0. The molecule has 0 fully saturated rings. The van der Waals surface area contributed by atoms with Gasteiger partial charge in [0.1, 0.15) is 11.5 Å². The average molecular weight is 448 g/mol. The first-order chi connectivity index (χ1) is 14.7. The Bertz CT molecular complexity index is 1220. The lowest BCUT2D eigenvalue weighted by atomic mass is 10.2. The van der Waals surface area contributed by atoms with Gasteiger partial charge in [-0.15, -0.1) is 0 Å². The van der Waals surface area contributed by atoms with Crippen molar-refractivity contribution >= 4 is 27.3 Å². The zero-order valence-corrected chi connectivity index (χ0v) is 17.3. The van der Waals surface area contributed by atoms with Crippen LogP contribution in [-0.2, 0) is 10.0 Å². The Morgan fingerprint density at radius 3 is 2.06 bits per heavy atom. The van der Waals surface area contributed by atoms with Crippen LogP contribution in [0.4, 0.5) is 20.2 Å². The second kappa shape index (κ2) is 9.00. The molecule has 3 rings (SSSR count). The predicted molar refractivity (Wildman–Crippen MR) is 111 cm³/mol. The summed E-state index contributed by atoms with van der Waals surface area (Å²) in [7, 11) is -1.62. The van der Waals surface area contributed by atoms with Crippen molar-refractivity contribution in [2.24, 2.45) is 0 Å². The predicted octanol–water partition coefficient (Wildman–Crippen LogP) is 4.04. The third-order valence-corrected chi connectivity index (χ3v) is 5.61. The van der Waals surface area contributed by atoms with E-state index in [9.17, 15) is 22.0 Å². The second-order valence-electron chi connectivity index (χ2n) is 6.25. The lowest BCUT2D eigenvalue weighted by molar-refractivity contribution is 0.102. The molecule has 0 saturated heterocycles. The molecular weight excluding hydrogens is 430 g/mol. The van der Waals surface area contributed by atoms with Crippen LogP contribution in [0.1, 0.15) is 10.4 Å². The van der Waals surface area contributed by atoms with Gasteiger partial charge in [0.15, 0.2) is 11.6 Å². The molecule has 0 unspecified atom stereocenters. The second-order valence-corrected chi connectivity index (χ2v) is 7.94. The van der Waals surface area contributed by atoms with E-state index in [0.717, 1.165) is 6.07 Å². The monoisotopic (exact) mass is 448 g/mol. The molecule has 31 heavy (non-hydrogen) atoms. The molecule has 7 nitrogen and oxygen atoms in total. The van der Waals surface area contributed by atoms with Crippen molar-refractivity contribution in [2.75, 3.05) is 24.3 Å². The minimum Gasteiger partial charge on any atom is -0.494 e. The number of nitrogens with one attached hydrogen (secondary N) is 2. The quantitative estimate of drug-likeness (QED) is 0.569. The molecule has 0 aliphatic rings. The topological polar surface area (TPSA) is 93.7 Å². The van der Waals surface area contributed by atoms with E-state index >= 15 is 0 Å². The lowest BCUT2D eigenvalue weighted by Crippen LogP contribution is -2.16. The van der Waals surface area contributed by atoms with E-state index in [1.165, 1.54) is 26.4 Å². The van der Waals surface area contributed by atoms with Crippen molar-refractivity contribution in [3.8, 4) is 11.5 Å². The molecule has 0 saturated carbocycles. The molecular formula is C21H18F2N2O5S. The van der Waals surface area contributed by atoms with Gasteiger partial charge in [-0.3, -0.25) is 9.52 Å². The first-order valence-electron chi connectivity index (χ1n) is 8.85. The maximum Gasteiger partial charge on any atom is 0.262 e. The molecule has 10 heteroatoms. The van der Waals surface area contributed by atoms with Crippen LogP contribution in [0.2, 0.25) is 0 Å². The van der Waals surface area contributed by atoms with Crippen molar-refractivity contribution in [1.82, 2.24) is 0 Å². The van der Waals surface area contributed by atoms with Gasteiger partial charge in [-0.25, -0.2) is 17.2 Å². The van der Waals surface area contributed by atoms with Gasteiger partial charge >= 0.3 is 0 Å². The number of hydrogen-bond donors (Lipinski definition) is 2. The van der Waals surface area contributed by atoms with Crippen LogP contribution in [0.5, 0.6) is 11.5 Å². The fourth-order valence-corrected chi connectivity index (χ4v) is 3.78. The standard InChI is InChI=1S/C21H18F2N2O5S/c1-29-19-12-18(25-31(27,28)14-8-9-15(22)16(23)10-14)20(30-2)11-17(19)24-21(26)13-6-4-3-5-7-13/h3-12,25H,1-2H3,(H,24,26). The Balaban J connectivity index is 1.94. The summed E-state index contributed by atoms with van der Waals surface area (Å²) in [6.45, 7) is 0. The SMILES string of the molecule is COc1cc(NS(=O)(=O)c2ccc(F)c(F)c2)c(OC)cc1NC(=O)c1ccccc1. The van der Waals surface area contributed by atoms with E-state index in [-0.39, 0.29) is 22.9 Å². The molecule has 0 aromatic heterocycles. The number of sulfonamides is 1. The Kier molecular flexibility index (Phi) is 6.40. The van der Waals surface area contributed by atoms with Crippen molar-refractivity contribution in [3.63, 3.8) is 0 Å². The van der Waals surface area contributed by atoms with Gasteiger partial charge in [0.2, 0.25) is 0 Å². The van der Waals surface area contributed by atoms with Crippen LogP contribution >= 0.6 is 0 Å². The van der Waals surface area contributed by atoms with Crippen molar-refractivity contribution in [3.05, 3.63) is 77.9 Å². The minimum atomic E-state index is -4.27. The summed E-state index contributed by atoms with van der Waals surface area (Å²) in [5.41, 5.74) is 0.623. The van der Waals surface area contributed by atoms with Crippen molar-refractivity contribution in [2.45, 2.75) is 4.90 Å². The van der Waals surface area contributed by atoms with Gasteiger partial charge < -0.3 is 14.8 Å². The lowest BCUT2D eigenvalue weighted by Gasteiger charge is -2.17. The number of hydrogen-bond acceptors (Lipinski definition) is 5. The molecule has 0 atom stereocenters. The van der Waals surface area contributed by atoms with Gasteiger partial charge in [0.25, 0.3) is 15.9 Å². The first kappa shape index (κ1) is 22.0. The van der Waals surface area contributed by atoms with E-state index in [0.29, 0.717) is 17.7 Å². The number of anilines is 2. The Hall–Kier alpha value is -3.66. The van der Waals surface area contributed by atoms with E-state index < -0.39 is 32.5 Å². The highest BCUT2D eigenvalue weighted by Crippen LogP contribution is 2.37. The summed E-state index contributed by atoms with van der Waals surface area (Å²) >= 11 is 0. The molecule has 0 spiro atoms. The first-order valence-corrected chi connectivity index (χ1v) is 10.3. The third kappa shape index (κ3) is 4.92. The number of ether oxygens (including phenoxy) is 2. The summed E-state index contributed by atoms with van der Waals surface area (Å²) in [5, 5.41) is 2.68. The van der Waals surface area contributed by atoms with Crippen LogP contribution in [0.25, 0.3) is 0 Å². The number of amides is 1. The molecule has 0 bridgehead atoms. The van der Waals surface area contributed by atoms with Gasteiger partial charge in [-0.2, -0.15) is 0 Å². The van der Waals surface area contributed by atoms with Crippen LogP contribution in [0.3, 0.4) is 0 Å². The highest BCUT2D eigenvalue weighted by molar-refractivity contribution is 7.92.